The van der Waals surface area contributed by atoms with Crippen LogP contribution in [0.25, 0.3) is 0 Å². The molecule has 0 spiro atoms. The highest BCUT2D eigenvalue weighted by Crippen LogP contribution is 2.29. The van der Waals surface area contributed by atoms with Crippen LogP contribution < -0.4 is 5.32 Å². The molecular formula is C21H21FN2O3. The molecule has 5 nitrogen and oxygen atoms in total. The molecule has 0 radical (unpaired) electrons. The molecule has 0 aromatic heterocycles. The normalized spacial score (nSPS) is 19.3. The fourth-order valence-corrected chi connectivity index (χ4v) is 3.20. The molecular weight excluding hydrogens is 347 g/mol. The van der Waals surface area contributed by atoms with Gasteiger partial charge in [-0.1, -0.05) is 37.6 Å². The van der Waals surface area contributed by atoms with Gasteiger partial charge < -0.3 is 5.32 Å². The van der Waals surface area contributed by atoms with Gasteiger partial charge in [0, 0.05) is 5.56 Å². The monoisotopic (exact) mass is 368 g/mol. The number of imide groups is 1. The minimum atomic E-state index is -1.22. The van der Waals surface area contributed by atoms with Crippen LogP contribution in [0.2, 0.25) is 0 Å². The molecule has 6 heteroatoms. The highest BCUT2D eigenvalue weighted by molar-refractivity contribution is 6.11. The van der Waals surface area contributed by atoms with E-state index in [1.807, 2.05) is 24.3 Å². The number of halogens is 1. The lowest BCUT2D eigenvalue weighted by atomic mass is 9.91. The van der Waals surface area contributed by atoms with Crippen LogP contribution in [0.1, 0.15) is 41.8 Å². The molecule has 3 rings (SSSR count). The molecule has 1 N–H and O–H groups in total. The van der Waals surface area contributed by atoms with Gasteiger partial charge in [0.2, 0.25) is 0 Å². The van der Waals surface area contributed by atoms with Gasteiger partial charge in [0.15, 0.2) is 5.78 Å². The summed E-state index contributed by atoms with van der Waals surface area (Å²) in [5, 5.41) is 2.69. The third-order valence-corrected chi connectivity index (χ3v) is 4.81. The van der Waals surface area contributed by atoms with Crippen molar-refractivity contribution in [2.24, 2.45) is 0 Å². The zero-order valence-electron chi connectivity index (χ0n) is 15.3. The number of carbonyl (C=O) groups excluding carboxylic acids is 3. The number of rotatable bonds is 6. The summed E-state index contributed by atoms with van der Waals surface area (Å²) in [5.41, 5.74) is 0.849. The Morgan fingerprint density at radius 1 is 1.07 bits per heavy atom. The van der Waals surface area contributed by atoms with Gasteiger partial charge in [-0.2, -0.15) is 0 Å². The molecule has 0 aliphatic carbocycles. The van der Waals surface area contributed by atoms with E-state index in [2.05, 4.69) is 12.2 Å². The summed E-state index contributed by atoms with van der Waals surface area (Å²) in [6.45, 7) is 3.33. The van der Waals surface area contributed by atoms with Gasteiger partial charge >= 0.3 is 6.03 Å². The van der Waals surface area contributed by atoms with Crippen LogP contribution in [0.3, 0.4) is 0 Å². The van der Waals surface area contributed by atoms with Crippen molar-refractivity contribution in [1.82, 2.24) is 10.2 Å². The van der Waals surface area contributed by atoms with E-state index >= 15 is 0 Å². The summed E-state index contributed by atoms with van der Waals surface area (Å²) >= 11 is 0. The number of Topliss-reactive ketones (excluding diaryl/α,β-unsaturated/α-hetero) is 1. The molecule has 2 aromatic carbocycles. The topological polar surface area (TPSA) is 66.5 Å². The van der Waals surface area contributed by atoms with Gasteiger partial charge in [-0.3, -0.25) is 14.5 Å². The first-order chi connectivity index (χ1) is 12.8. The van der Waals surface area contributed by atoms with E-state index in [0.29, 0.717) is 5.56 Å². The Morgan fingerprint density at radius 3 is 2.30 bits per heavy atom. The maximum atomic E-state index is 13.0. The number of benzene rings is 2. The lowest BCUT2D eigenvalue weighted by Gasteiger charge is -2.22. The van der Waals surface area contributed by atoms with Crippen molar-refractivity contribution in [2.45, 2.75) is 32.2 Å². The Hall–Kier alpha value is -3.02. The molecule has 27 heavy (non-hydrogen) atoms. The molecule has 1 fully saturated rings. The Labute approximate surface area is 157 Å². The number of carbonyl (C=O) groups is 3. The average Bonchev–Trinajstić information content (AvgIpc) is 2.87. The van der Waals surface area contributed by atoms with Crippen molar-refractivity contribution in [2.75, 3.05) is 6.54 Å². The number of aryl methyl sites for hydroxylation is 1. The van der Waals surface area contributed by atoms with E-state index < -0.39 is 29.1 Å². The number of nitrogens with one attached hydrogen (secondary N) is 1. The van der Waals surface area contributed by atoms with Gasteiger partial charge in [0.25, 0.3) is 5.91 Å². The molecule has 140 valence electrons. The maximum Gasteiger partial charge on any atom is 0.325 e. The van der Waals surface area contributed by atoms with Gasteiger partial charge in [-0.25, -0.2) is 9.18 Å². The van der Waals surface area contributed by atoms with Gasteiger partial charge in [0.1, 0.15) is 11.4 Å². The minimum Gasteiger partial charge on any atom is -0.319 e. The van der Waals surface area contributed by atoms with E-state index in [1.54, 1.807) is 6.92 Å². The van der Waals surface area contributed by atoms with Crippen LogP contribution in [-0.2, 0) is 16.8 Å². The molecule has 1 aliphatic heterocycles. The largest absolute Gasteiger partial charge is 0.325 e. The molecule has 0 bridgehead atoms. The van der Waals surface area contributed by atoms with E-state index in [9.17, 15) is 18.8 Å². The molecule has 1 aliphatic rings. The van der Waals surface area contributed by atoms with Crippen molar-refractivity contribution < 1.29 is 18.8 Å². The van der Waals surface area contributed by atoms with E-state index in [1.165, 1.54) is 24.3 Å². The second-order valence-electron chi connectivity index (χ2n) is 6.82. The summed E-state index contributed by atoms with van der Waals surface area (Å²) in [6, 6.07) is 11.9. The van der Waals surface area contributed by atoms with Crippen molar-refractivity contribution in [3.05, 3.63) is 71.0 Å². The number of hydrogen-bond acceptors (Lipinski definition) is 3. The SMILES string of the molecule is CCCc1ccc([C@]2(C)NC(=O)N(CC(=O)c3ccc(F)cc3)C2=O)cc1. The van der Waals surface area contributed by atoms with Crippen LogP contribution in [0.15, 0.2) is 48.5 Å². The molecule has 0 saturated carbocycles. The van der Waals surface area contributed by atoms with Gasteiger partial charge in [-0.15, -0.1) is 0 Å². The third kappa shape index (κ3) is 3.60. The van der Waals surface area contributed by atoms with E-state index in [4.69, 9.17) is 0 Å². The summed E-state index contributed by atoms with van der Waals surface area (Å²) in [7, 11) is 0. The number of amides is 3. The second kappa shape index (κ2) is 7.31. The number of ketones is 1. The molecule has 1 saturated heterocycles. The average molecular weight is 368 g/mol. The number of urea groups is 1. The predicted octanol–water partition coefficient (Wildman–Crippen LogP) is 3.43. The lowest BCUT2D eigenvalue weighted by molar-refractivity contribution is -0.130. The Bertz CT molecular complexity index is 877. The smallest absolute Gasteiger partial charge is 0.319 e. The van der Waals surface area contributed by atoms with Gasteiger partial charge in [0.05, 0.1) is 6.54 Å². The fraction of sp³-hybridized carbons (Fsp3) is 0.286. The molecule has 0 unspecified atom stereocenters. The molecule has 1 heterocycles. The van der Waals surface area contributed by atoms with E-state index in [-0.39, 0.29) is 12.1 Å². The lowest BCUT2D eigenvalue weighted by Crippen LogP contribution is -2.41. The van der Waals surface area contributed by atoms with E-state index in [0.717, 1.165) is 23.3 Å². The molecule has 2 aromatic rings. The highest BCUT2D eigenvalue weighted by atomic mass is 19.1. The summed E-state index contributed by atoms with van der Waals surface area (Å²) < 4.78 is 13.0. The van der Waals surface area contributed by atoms with Gasteiger partial charge in [-0.05, 0) is 48.7 Å². The number of hydrogen-bond donors (Lipinski definition) is 1. The summed E-state index contributed by atoms with van der Waals surface area (Å²) in [6.07, 6.45) is 1.96. The highest BCUT2D eigenvalue weighted by Gasteiger charge is 2.49. The minimum absolute atomic E-state index is 0.245. The van der Waals surface area contributed by atoms with Crippen LogP contribution in [-0.4, -0.2) is 29.2 Å². The first-order valence-electron chi connectivity index (χ1n) is 8.87. The van der Waals surface area contributed by atoms with Crippen LogP contribution >= 0.6 is 0 Å². The van der Waals surface area contributed by atoms with Crippen LogP contribution in [0, 0.1) is 5.82 Å². The molecule has 3 amide bonds. The van der Waals surface area contributed by atoms with Crippen molar-refractivity contribution in [3.63, 3.8) is 0 Å². The van der Waals surface area contributed by atoms with Crippen LogP contribution in [0.5, 0.6) is 0 Å². The number of nitrogens with zero attached hydrogens (tertiary/aromatic N) is 1. The Balaban J connectivity index is 1.79. The second-order valence-corrected chi connectivity index (χ2v) is 6.82. The van der Waals surface area contributed by atoms with Crippen molar-refractivity contribution >= 4 is 17.7 Å². The standard InChI is InChI=1S/C21H21FN2O3/c1-3-4-14-5-9-16(10-6-14)21(2)19(26)24(20(27)23-21)13-18(25)15-7-11-17(22)12-8-15/h5-12H,3-4,13H2,1-2H3,(H,23,27)/t21-/m0/s1. The Morgan fingerprint density at radius 2 is 1.70 bits per heavy atom. The van der Waals surface area contributed by atoms with Crippen molar-refractivity contribution in [1.29, 1.82) is 0 Å². The summed E-state index contributed by atoms with van der Waals surface area (Å²) in [5.74, 6) is -1.37. The zero-order chi connectivity index (χ0) is 19.6. The quantitative estimate of drug-likeness (QED) is 0.627. The summed E-state index contributed by atoms with van der Waals surface area (Å²) in [4.78, 5) is 38.5. The third-order valence-electron chi connectivity index (χ3n) is 4.81. The molecule has 1 atom stereocenters. The Kier molecular flexibility index (Phi) is 5.08. The van der Waals surface area contributed by atoms with Crippen molar-refractivity contribution in [3.8, 4) is 0 Å². The predicted molar refractivity (Wildman–Crippen MR) is 98.8 cm³/mol. The first-order valence-corrected chi connectivity index (χ1v) is 8.87. The van der Waals surface area contributed by atoms with Crippen LogP contribution in [0.4, 0.5) is 9.18 Å². The fourth-order valence-electron chi connectivity index (χ4n) is 3.20. The first kappa shape index (κ1) is 18.8. The zero-order valence-corrected chi connectivity index (χ0v) is 15.3. The maximum absolute atomic E-state index is 13.0.